The van der Waals surface area contributed by atoms with Gasteiger partial charge >= 0.3 is 0 Å². The second-order valence-electron chi connectivity index (χ2n) is 5.23. The highest BCUT2D eigenvalue weighted by Crippen LogP contribution is 2.44. The van der Waals surface area contributed by atoms with Crippen molar-refractivity contribution in [1.29, 1.82) is 0 Å². The molecule has 102 valence electrons. The molecule has 2 aliphatic rings. The molecule has 1 fully saturated rings. The molecule has 0 saturated heterocycles. The maximum Gasteiger partial charge on any atom is 0.236 e. The molecule has 6 heteroatoms. The fraction of sp³-hybridized carbons (Fsp3) is 0.538. The van der Waals surface area contributed by atoms with Crippen molar-refractivity contribution in [3.8, 4) is 0 Å². The second-order valence-corrected chi connectivity index (χ2v) is 6.11. The minimum atomic E-state index is -0.0168. The Bertz CT molecular complexity index is 473. The number of amides is 1. The fourth-order valence-corrected chi connectivity index (χ4v) is 4.11. The van der Waals surface area contributed by atoms with Gasteiger partial charge in [-0.2, -0.15) is 0 Å². The summed E-state index contributed by atoms with van der Waals surface area (Å²) in [6, 6.07) is 2.50. The lowest BCUT2D eigenvalue weighted by molar-refractivity contribution is -0.126. The molecule has 1 saturated carbocycles. The Hall–Kier alpha value is -1.11. The monoisotopic (exact) mass is 278 g/mol. The quantitative estimate of drug-likeness (QED) is 0.331. The van der Waals surface area contributed by atoms with Crippen molar-refractivity contribution in [2.75, 3.05) is 0 Å². The van der Waals surface area contributed by atoms with Crippen LogP contribution in [0.4, 0.5) is 0 Å². The van der Waals surface area contributed by atoms with E-state index >= 15 is 0 Å². The highest BCUT2D eigenvalue weighted by molar-refractivity contribution is 7.97. The first-order valence-electron chi connectivity index (χ1n) is 6.66. The molecule has 5 nitrogen and oxygen atoms in total. The van der Waals surface area contributed by atoms with E-state index in [-0.39, 0.29) is 11.8 Å². The van der Waals surface area contributed by atoms with Crippen molar-refractivity contribution >= 4 is 17.9 Å². The van der Waals surface area contributed by atoms with E-state index < -0.39 is 0 Å². The number of hydrogen-bond donors (Lipinski definition) is 3. The summed E-state index contributed by atoms with van der Waals surface area (Å²) in [4.78, 5) is 16.9. The molecule has 1 aromatic heterocycles. The van der Waals surface area contributed by atoms with Gasteiger partial charge < -0.3 is 0 Å². The van der Waals surface area contributed by atoms with Gasteiger partial charge in [-0.1, -0.05) is 0 Å². The molecule has 1 amide bonds. The number of carbonyl (C=O) groups excluding carboxylic acids is 1. The summed E-state index contributed by atoms with van der Waals surface area (Å²) in [6.07, 6.45) is 7.76. The first-order valence-corrected chi connectivity index (χ1v) is 7.48. The van der Waals surface area contributed by atoms with Crippen LogP contribution in [0, 0.1) is 11.8 Å². The molecule has 0 spiro atoms. The summed E-state index contributed by atoms with van der Waals surface area (Å²) >= 11 is 1.67. The number of hydrazine groups is 1. The van der Waals surface area contributed by atoms with Crippen LogP contribution in [0.3, 0.4) is 0 Å². The van der Waals surface area contributed by atoms with Gasteiger partial charge in [-0.05, 0) is 55.2 Å². The zero-order chi connectivity index (χ0) is 13.2. The molecule has 0 radical (unpaired) electrons. The summed E-state index contributed by atoms with van der Waals surface area (Å²) in [7, 11) is 0. The summed E-state index contributed by atoms with van der Waals surface area (Å²) < 4.78 is 3.50. The van der Waals surface area contributed by atoms with Crippen LogP contribution < -0.4 is 16.0 Å². The van der Waals surface area contributed by atoms with E-state index in [1.54, 1.807) is 11.9 Å². The maximum absolute atomic E-state index is 11.5. The number of rotatable bonds is 2. The Morgan fingerprint density at radius 1 is 1.42 bits per heavy atom. The summed E-state index contributed by atoms with van der Waals surface area (Å²) in [5.74, 6) is 5.87. The van der Waals surface area contributed by atoms with E-state index in [0.29, 0.717) is 12.0 Å². The van der Waals surface area contributed by atoms with Crippen LogP contribution in [0.1, 0.15) is 37.3 Å². The molecule has 1 unspecified atom stereocenters. The van der Waals surface area contributed by atoms with Gasteiger partial charge in [0.2, 0.25) is 5.91 Å². The number of carbonyl (C=O) groups is 1. The van der Waals surface area contributed by atoms with Crippen molar-refractivity contribution in [2.24, 2.45) is 17.7 Å². The van der Waals surface area contributed by atoms with E-state index in [4.69, 9.17) is 5.84 Å². The lowest BCUT2D eigenvalue weighted by atomic mass is 9.77. The van der Waals surface area contributed by atoms with Gasteiger partial charge in [-0.15, -0.1) is 0 Å². The van der Waals surface area contributed by atoms with E-state index in [9.17, 15) is 4.79 Å². The summed E-state index contributed by atoms with van der Waals surface area (Å²) in [6.45, 7) is 0. The normalized spacial score (nSPS) is 29.8. The first kappa shape index (κ1) is 12.9. The second kappa shape index (κ2) is 5.48. The van der Waals surface area contributed by atoms with Crippen LogP contribution in [-0.4, -0.2) is 10.9 Å². The number of nitrogens with one attached hydrogen (secondary N) is 2. The molecule has 1 aliphatic carbocycles. The van der Waals surface area contributed by atoms with Crippen molar-refractivity contribution < 1.29 is 4.79 Å². The minimum absolute atomic E-state index is 0.0168. The van der Waals surface area contributed by atoms with Crippen molar-refractivity contribution in [3.05, 3.63) is 24.0 Å². The number of pyridine rings is 1. The molecule has 1 atom stereocenters. The molecule has 3 rings (SSSR count). The molecule has 0 bridgehead atoms. The fourth-order valence-electron chi connectivity index (χ4n) is 3.11. The third-order valence-electron chi connectivity index (χ3n) is 4.20. The topological polar surface area (TPSA) is 80.0 Å². The Morgan fingerprint density at radius 3 is 2.95 bits per heavy atom. The van der Waals surface area contributed by atoms with Gasteiger partial charge in [0, 0.05) is 29.2 Å². The smallest absolute Gasteiger partial charge is 0.236 e. The molecular formula is C13H18N4OS. The average molecular weight is 278 g/mol. The van der Waals surface area contributed by atoms with Crippen LogP contribution in [0.2, 0.25) is 0 Å². The summed E-state index contributed by atoms with van der Waals surface area (Å²) in [5.41, 5.74) is 3.62. The average Bonchev–Trinajstić information content (AvgIpc) is 2.90. The summed E-state index contributed by atoms with van der Waals surface area (Å²) in [5, 5.41) is 0. The predicted molar refractivity (Wildman–Crippen MR) is 73.7 cm³/mol. The maximum atomic E-state index is 11.5. The molecule has 0 aromatic carbocycles. The molecule has 2 heterocycles. The molecule has 1 aliphatic heterocycles. The highest BCUT2D eigenvalue weighted by atomic mass is 32.2. The third-order valence-corrected chi connectivity index (χ3v) is 5.14. The lowest BCUT2D eigenvalue weighted by Crippen LogP contribution is -2.38. The first-order chi connectivity index (χ1) is 9.29. The van der Waals surface area contributed by atoms with Gasteiger partial charge in [0.25, 0.3) is 0 Å². The standard InChI is InChI=1S/C13H18N4OS/c14-16-13(18)9-3-1-8(2-4-9)12-10-5-6-15-7-11(10)19-17-12/h5-9,12,17H,1-4,14H2,(H,16,18)/t8-,9-,12?. The highest BCUT2D eigenvalue weighted by Gasteiger charge is 2.34. The number of fused-ring (bicyclic) bond motifs is 1. The van der Waals surface area contributed by atoms with Gasteiger partial charge in [-0.25, -0.2) is 5.84 Å². The van der Waals surface area contributed by atoms with E-state index in [1.807, 2.05) is 12.4 Å². The van der Waals surface area contributed by atoms with Crippen LogP contribution in [0.5, 0.6) is 0 Å². The lowest BCUT2D eigenvalue weighted by Gasteiger charge is -2.31. The van der Waals surface area contributed by atoms with Crippen molar-refractivity contribution in [2.45, 2.75) is 36.6 Å². The van der Waals surface area contributed by atoms with Gasteiger partial charge in [0.1, 0.15) is 0 Å². The Kier molecular flexibility index (Phi) is 3.72. The van der Waals surface area contributed by atoms with Crippen LogP contribution in [0.15, 0.2) is 23.4 Å². The van der Waals surface area contributed by atoms with E-state index in [2.05, 4.69) is 21.2 Å². The number of nitrogens with zero attached hydrogens (tertiary/aromatic N) is 1. The van der Waals surface area contributed by atoms with Gasteiger partial charge in [-0.3, -0.25) is 19.9 Å². The Labute approximate surface area is 116 Å². The zero-order valence-corrected chi connectivity index (χ0v) is 11.5. The van der Waals surface area contributed by atoms with E-state index in [1.165, 1.54) is 10.5 Å². The van der Waals surface area contributed by atoms with Gasteiger partial charge in [0.15, 0.2) is 0 Å². The molecular weight excluding hydrogens is 260 g/mol. The molecule has 1 aromatic rings. The zero-order valence-electron chi connectivity index (χ0n) is 10.6. The SMILES string of the molecule is NNC(=O)[C@H]1CC[C@H](C2NSc3cnccc32)CC1. The largest absolute Gasteiger partial charge is 0.294 e. The molecule has 19 heavy (non-hydrogen) atoms. The van der Waals surface area contributed by atoms with Crippen LogP contribution >= 0.6 is 11.9 Å². The minimum Gasteiger partial charge on any atom is -0.294 e. The Balaban J connectivity index is 1.65. The number of hydrogen-bond acceptors (Lipinski definition) is 5. The van der Waals surface area contributed by atoms with Crippen molar-refractivity contribution in [1.82, 2.24) is 15.1 Å². The van der Waals surface area contributed by atoms with Gasteiger partial charge in [0.05, 0.1) is 0 Å². The van der Waals surface area contributed by atoms with Crippen LogP contribution in [0.25, 0.3) is 0 Å². The third kappa shape index (κ3) is 2.48. The molecule has 4 N–H and O–H groups in total. The van der Waals surface area contributed by atoms with Crippen LogP contribution in [-0.2, 0) is 4.79 Å². The number of nitrogens with two attached hydrogens (primary N) is 1. The number of aromatic nitrogens is 1. The Morgan fingerprint density at radius 2 is 2.21 bits per heavy atom. The predicted octanol–water partition coefficient (Wildman–Crippen LogP) is 1.53. The van der Waals surface area contributed by atoms with E-state index in [0.717, 1.165) is 25.7 Å². The van der Waals surface area contributed by atoms with Crippen molar-refractivity contribution in [3.63, 3.8) is 0 Å².